The predicted molar refractivity (Wildman–Crippen MR) is 91.4 cm³/mol. The number of rotatable bonds is 5. The van der Waals surface area contributed by atoms with Gasteiger partial charge in [-0.2, -0.15) is 0 Å². The van der Waals surface area contributed by atoms with Crippen LogP contribution >= 0.6 is 11.6 Å². The minimum atomic E-state index is -0.268. The number of carbonyl (C=O) groups excluding carboxylic acids is 2. The summed E-state index contributed by atoms with van der Waals surface area (Å²) in [4.78, 5) is 33.8. The van der Waals surface area contributed by atoms with Crippen LogP contribution in [0.3, 0.4) is 0 Å². The van der Waals surface area contributed by atoms with E-state index in [0.717, 1.165) is 0 Å². The van der Waals surface area contributed by atoms with Crippen LogP contribution in [0.25, 0.3) is 0 Å². The van der Waals surface area contributed by atoms with Crippen molar-refractivity contribution in [2.24, 2.45) is 0 Å². The Hall–Kier alpha value is -2.67. The SMILES string of the molecule is O=C(NCC(=O)N1CCC(Oc2ncc(Cl)cn2)C1)c1ccccc1. The van der Waals surface area contributed by atoms with Gasteiger partial charge in [0.2, 0.25) is 5.91 Å². The fourth-order valence-corrected chi connectivity index (χ4v) is 2.62. The van der Waals surface area contributed by atoms with Gasteiger partial charge in [0.05, 0.1) is 30.5 Å². The molecule has 130 valence electrons. The first kappa shape index (κ1) is 17.2. The van der Waals surface area contributed by atoms with Crippen LogP contribution in [0, 0.1) is 0 Å². The molecule has 3 rings (SSSR count). The highest BCUT2D eigenvalue weighted by molar-refractivity contribution is 6.30. The van der Waals surface area contributed by atoms with Crippen LogP contribution in [0.15, 0.2) is 42.7 Å². The summed E-state index contributed by atoms with van der Waals surface area (Å²) in [5.74, 6) is -0.414. The van der Waals surface area contributed by atoms with Gasteiger partial charge in [-0.3, -0.25) is 9.59 Å². The Bertz CT molecular complexity index is 739. The van der Waals surface area contributed by atoms with Crippen molar-refractivity contribution in [3.05, 3.63) is 53.3 Å². The molecule has 25 heavy (non-hydrogen) atoms. The Morgan fingerprint density at radius 2 is 1.96 bits per heavy atom. The maximum Gasteiger partial charge on any atom is 0.316 e. The zero-order valence-corrected chi connectivity index (χ0v) is 14.1. The standard InChI is InChI=1S/C17H17ClN4O3/c18-13-8-20-17(21-9-13)25-14-6-7-22(11-14)15(23)10-19-16(24)12-4-2-1-3-5-12/h1-5,8-9,14H,6-7,10-11H2,(H,19,24). The maximum absolute atomic E-state index is 12.2. The van der Waals surface area contributed by atoms with Gasteiger partial charge in [-0.15, -0.1) is 0 Å². The molecule has 1 N–H and O–H groups in total. The van der Waals surface area contributed by atoms with Crippen LogP contribution in [-0.2, 0) is 4.79 Å². The van der Waals surface area contributed by atoms with E-state index in [0.29, 0.717) is 30.1 Å². The number of nitrogens with one attached hydrogen (secondary N) is 1. The fraction of sp³-hybridized carbons (Fsp3) is 0.294. The molecule has 2 aromatic rings. The van der Waals surface area contributed by atoms with E-state index in [9.17, 15) is 9.59 Å². The molecule has 1 fully saturated rings. The number of likely N-dealkylation sites (tertiary alicyclic amines) is 1. The van der Waals surface area contributed by atoms with Crippen molar-refractivity contribution >= 4 is 23.4 Å². The molecule has 7 nitrogen and oxygen atoms in total. The molecule has 0 saturated carbocycles. The summed E-state index contributed by atoms with van der Waals surface area (Å²) >= 11 is 5.73. The van der Waals surface area contributed by atoms with Crippen LogP contribution < -0.4 is 10.1 Å². The van der Waals surface area contributed by atoms with E-state index in [1.807, 2.05) is 6.07 Å². The van der Waals surface area contributed by atoms with Crippen molar-refractivity contribution in [3.63, 3.8) is 0 Å². The molecule has 1 aliphatic rings. The monoisotopic (exact) mass is 360 g/mol. The third kappa shape index (κ3) is 4.67. The number of hydrogen-bond donors (Lipinski definition) is 1. The number of halogens is 1. The quantitative estimate of drug-likeness (QED) is 0.874. The molecule has 1 unspecified atom stereocenters. The molecule has 1 saturated heterocycles. The van der Waals surface area contributed by atoms with Crippen molar-refractivity contribution in [2.45, 2.75) is 12.5 Å². The Kier molecular flexibility index (Phi) is 5.45. The molecule has 0 radical (unpaired) electrons. The number of amides is 2. The lowest BCUT2D eigenvalue weighted by Crippen LogP contribution is -2.39. The van der Waals surface area contributed by atoms with Gasteiger partial charge < -0.3 is 15.0 Å². The van der Waals surface area contributed by atoms with E-state index in [1.165, 1.54) is 12.4 Å². The van der Waals surface area contributed by atoms with Crippen LogP contribution in [0.2, 0.25) is 5.02 Å². The highest BCUT2D eigenvalue weighted by atomic mass is 35.5. The molecule has 1 atom stereocenters. The molecule has 0 aliphatic carbocycles. The van der Waals surface area contributed by atoms with Gasteiger partial charge in [-0.05, 0) is 12.1 Å². The second-order valence-corrected chi connectivity index (χ2v) is 6.04. The van der Waals surface area contributed by atoms with Gasteiger partial charge >= 0.3 is 6.01 Å². The summed E-state index contributed by atoms with van der Waals surface area (Å²) in [6.07, 6.45) is 3.43. The second kappa shape index (κ2) is 7.94. The van der Waals surface area contributed by atoms with E-state index in [2.05, 4.69) is 15.3 Å². The lowest BCUT2D eigenvalue weighted by atomic mass is 10.2. The Labute approximate surface area is 150 Å². The smallest absolute Gasteiger partial charge is 0.316 e. The number of aromatic nitrogens is 2. The summed E-state index contributed by atoms with van der Waals surface area (Å²) in [6.45, 7) is 0.961. The highest BCUT2D eigenvalue weighted by Crippen LogP contribution is 2.16. The molecule has 0 spiro atoms. The number of carbonyl (C=O) groups is 2. The maximum atomic E-state index is 12.2. The summed E-state index contributed by atoms with van der Waals surface area (Å²) in [7, 11) is 0. The minimum absolute atomic E-state index is 0.0438. The van der Waals surface area contributed by atoms with Crippen molar-refractivity contribution in [1.29, 1.82) is 0 Å². The minimum Gasteiger partial charge on any atom is -0.458 e. The van der Waals surface area contributed by atoms with E-state index < -0.39 is 0 Å². The summed E-state index contributed by atoms with van der Waals surface area (Å²) in [5, 5.41) is 3.07. The molecular weight excluding hydrogens is 344 g/mol. The Balaban J connectivity index is 1.46. The first-order valence-electron chi connectivity index (χ1n) is 7.87. The van der Waals surface area contributed by atoms with Crippen LogP contribution in [0.5, 0.6) is 6.01 Å². The van der Waals surface area contributed by atoms with Crippen molar-refractivity contribution in [2.75, 3.05) is 19.6 Å². The molecule has 0 bridgehead atoms. The molecule has 8 heteroatoms. The van der Waals surface area contributed by atoms with E-state index in [1.54, 1.807) is 29.2 Å². The van der Waals surface area contributed by atoms with E-state index in [-0.39, 0.29) is 30.5 Å². The number of hydrogen-bond acceptors (Lipinski definition) is 5. The van der Waals surface area contributed by atoms with Gasteiger partial charge in [0.25, 0.3) is 5.91 Å². The third-order valence-electron chi connectivity index (χ3n) is 3.80. The number of nitrogens with zero attached hydrogens (tertiary/aromatic N) is 3. The van der Waals surface area contributed by atoms with Crippen molar-refractivity contribution in [1.82, 2.24) is 20.2 Å². The zero-order chi connectivity index (χ0) is 17.6. The first-order valence-corrected chi connectivity index (χ1v) is 8.25. The molecule has 1 aliphatic heterocycles. The average Bonchev–Trinajstić information content (AvgIpc) is 3.10. The van der Waals surface area contributed by atoms with Crippen LogP contribution in [0.1, 0.15) is 16.8 Å². The largest absolute Gasteiger partial charge is 0.458 e. The highest BCUT2D eigenvalue weighted by Gasteiger charge is 2.28. The third-order valence-corrected chi connectivity index (χ3v) is 4.00. The summed E-state index contributed by atoms with van der Waals surface area (Å²) in [5.41, 5.74) is 0.526. The van der Waals surface area contributed by atoms with E-state index >= 15 is 0 Å². The number of ether oxygens (including phenoxy) is 1. The summed E-state index contributed by atoms with van der Waals surface area (Å²) in [6, 6.07) is 9.02. The van der Waals surface area contributed by atoms with Gasteiger partial charge in [0.15, 0.2) is 0 Å². The van der Waals surface area contributed by atoms with Crippen LogP contribution in [0.4, 0.5) is 0 Å². The molecule has 1 aromatic carbocycles. The lowest BCUT2D eigenvalue weighted by Gasteiger charge is -2.17. The molecule has 2 amide bonds. The van der Waals surface area contributed by atoms with Crippen LogP contribution in [-0.4, -0.2) is 52.4 Å². The van der Waals surface area contributed by atoms with Gasteiger partial charge in [0, 0.05) is 18.5 Å². The van der Waals surface area contributed by atoms with Gasteiger partial charge in [-0.25, -0.2) is 9.97 Å². The normalized spacial score (nSPS) is 16.5. The fourth-order valence-electron chi connectivity index (χ4n) is 2.52. The Morgan fingerprint density at radius 3 is 2.68 bits per heavy atom. The summed E-state index contributed by atoms with van der Waals surface area (Å²) < 4.78 is 5.64. The second-order valence-electron chi connectivity index (χ2n) is 5.60. The van der Waals surface area contributed by atoms with Crippen molar-refractivity contribution < 1.29 is 14.3 Å². The molecule has 1 aromatic heterocycles. The predicted octanol–water partition coefficient (Wildman–Crippen LogP) is 1.54. The Morgan fingerprint density at radius 1 is 1.24 bits per heavy atom. The first-order chi connectivity index (χ1) is 12.1. The lowest BCUT2D eigenvalue weighted by molar-refractivity contribution is -0.129. The molecule has 2 heterocycles. The van der Waals surface area contributed by atoms with Gasteiger partial charge in [0.1, 0.15) is 6.10 Å². The van der Waals surface area contributed by atoms with E-state index in [4.69, 9.17) is 16.3 Å². The average molecular weight is 361 g/mol. The number of benzene rings is 1. The topological polar surface area (TPSA) is 84.4 Å². The van der Waals surface area contributed by atoms with Crippen molar-refractivity contribution in [3.8, 4) is 6.01 Å². The zero-order valence-electron chi connectivity index (χ0n) is 13.4. The molecular formula is C17H17ClN4O3. The van der Waals surface area contributed by atoms with Gasteiger partial charge in [-0.1, -0.05) is 29.8 Å².